The van der Waals surface area contributed by atoms with Gasteiger partial charge in [0.25, 0.3) is 0 Å². The standard InChI is InChI=1S/C12H13BrFN3O/c1-12(14,8-4-3-5-9(13)6-8)10(18)11-16-15-7-17(11)2/h3-7,10,18H,1-2H3/t10?,12-/m1/s1. The molecule has 18 heavy (non-hydrogen) atoms. The van der Waals surface area contributed by atoms with Crippen molar-refractivity contribution in [1.29, 1.82) is 0 Å². The van der Waals surface area contributed by atoms with E-state index in [9.17, 15) is 9.50 Å². The second-order valence-corrected chi connectivity index (χ2v) is 5.20. The summed E-state index contributed by atoms with van der Waals surface area (Å²) in [5.41, 5.74) is -1.56. The molecule has 2 aromatic rings. The lowest BCUT2D eigenvalue weighted by atomic mass is 9.91. The van der Waals surface area contributed by atoms with Gasteiger partial charge in [0.1, 0.15) is 6.33 Å². The van der Waals surface area contributed by atoms with Gasteiger partial charge in [0.2, 0.25) is 0 Å². The molecule has 1 aromatic heterocycles. The summed E-state index contributed by atoms with van der Waals surface area (Å²) in [7, 11) is 1.66. The Morgan fingerprint density at radius 2 is 2.22 bits per heavy atom. The minimum atomic E-state index is -1.94. The highest BCUT2D eigenvalue weighted by Crippen LogP contribution is 2.38. The van der Waals surface area contributed by atoms with Crippen LogP contribution in [0.2, 0.25) is 0 Å². The average Bonchev–Trinajstić information content (AvgIpc) is 2.74. The number of hydrogen-bond donors (Lipinski definition) is 1. The van der Waals surface area contributed by atoms with Gasteiger partial charge in [-0.25, -0.2) is 4.39 Å². The van der Waals surface area contributed by atoms with E-state index in [-0.39, 0.29) is 5.82 Å². The van der Waals surface area contributed by atoms with Crippen molar-refractivity contribution in [3.05, 3.63) is 46.5 Å². The molecule has 0 aliphatic carbocycles. The molecular weight excluding hydrogens is 301 g/mol. The van der Waals surface area contributed by atoms with Crippen LogP contribution >= 0.6 is 15.9 Å². The number of aliphatic hydroxyl groups excluding tert-OH is 1. The van der Waals surface area contributed by atoms with Crippen LogP contribution in [-0.4, -0.2) is 19.9 Å². The molecule has 0 amide bonds. The molecule has 1 heterocycles. The minimum Gasteiger partial charge on any atom is -0.381 e. The Labute approximate surface area is 113 Å². The topological polar surface area (TPSA) is 50.9 Å². The number of nitrogens with zero attached hydrogens (tertiary/aromatic N) is 3. The summed E-state index contributed by atoms with van der Waals surface area (Å²) < 4.78 is 17.0. The quantitative estimate of drug-likeness (QED) is 0.947. The Morgan fingerprint density at radius 3 is 2.78 bits per heavy atom. The van der Waals surface area contributed by atoms with Gasteiger partial charge in [-0.15, -0.1) is 10.2 Å². The summed E-state index contributed by atoms with van der Waals surface area (Å²) in [5.74, 6) is 0.194. The number of aromatic nitrogens is 3. The summed E-state index contributed by atoms with van der Waals surface area (Å²) in [6.45, 7) is 1.33. The fourth-order valence-corrected chi connectivity index (χ4v) is 2.13. The first-order chi connectivity index (χ1) is 8.43. The van der Waals surface area contributed by atoms with Crippen molar-refractivity contribution in [3.63, 3.8) is 0 Å². The SMILES string of the molecule is Cn1cnnc1C(O)[C@](C)(F)c1cccc(Br)c1. The van der Waals surface area contributed by atoms with Crippen molar-refractivity contribution in [2.24, 2.45) is 7.05 Å². The molecule has 0 aliphatic heterocycles. The summed E-state index contributed by atoms with van der Waals surface area (Å²) in [6, 6.07) is 6.79. The monoisotopic (exact) mass is 313 g/mol. The molecule has 0 aliphatic rings. The summed E-state index contributed by atoms with van der Waals surface area (Å²) in [4.78, 5) is 0. The molecule has 6 heteroatoms. The van der Waals surface area contributed by atoms with E-state index in [2.05, 4.69) is 26.1 Å². The van der Waals surface area contributed by atoms with Gasteiger partial charge < -0.3 is 9.67 Å². The lowest BCUT2D eigenvalue weighted by Gasteiger charge is -2.26. The highest BCUT2D eigenvalue weighted by molar-refractivity contribution is 9.10. The maximum Gasteiger partial charge on any atom is 0.166 e. The smallest absolute Gasteiger partial charge is 0.166 e. The maximum atomic E-state index is 14.8. The molecule has 1 N–H and O–H groups in total. The minimum absolute atomic E-state index is 0.194. The van der Waals surface area contributed by atoms with E-state index in [1.807, 2.05) is 0 Å². The summed E-state index contributed by atoms with van der Waals surface area (Å²) in [6.07, 6.45) is 0.0505. The molecule has 0 bridgehead atoms. The number of rotatable bonds is 3. The fraction of sp³-hybridized carbons (Fsp3) is 0.333. The van der Waals surface area contributed by atoms with Crippen LogP contribution in [0.4, 0.5) is 4.39 Å². The van der Waals surface area contributed by atoms with E-state index < -0.39 is 11.8 Å². The van der Waals surface area contributed by atoms with E-state index in [0.717, 1.165) is 4.47 Å². The third-order valence-corrected chi connectivity index (χ3v) is 3.39. The highest BCUT2D eigenvalue weighted by Gasteiger charge is 2.38. The Bertz CT molecular complexity index is 556. The molecule has 1 aromatic carbocycles. The van der Waals surface area contributed by atoms with Gasteiger partial charge in [0.15, 0.2) is 17.6 Å². The predicted molar refractivity (Wildman–Crippen MR) is 68.6 cm³/mol. The van der Waals surface area contributed by atoms with Gasteiger partial charge in [-0.2, -0.15) is 0 Å². The molecular formula is C12H13BrFN3O. The lowest BCUT2D eigenvalue weighted by molar-refractivity contribution is -0.00874. The van der Waals surface area contributed by atoms with Crippen molar-refractivity contribution in [3.8, 4) is 0 Å². The third kappa shape index (κ3) is 2.30. The first-order valence-corrected chi connectivity index (χ1v) is 6.19. The molecule has 96 valence electrons. The molecule has 0 radical (unpaired) electrons. The van der Waals surface area contributed by atoms with Gasteiger partial charge >= 0.3 is 0 Å². The lowest BCUT2D eigenvalue weighted by Crippen LogP contribution is -2.27. The van der Waals surface area contributed by atoms with Crippen LogP contribution in [0.15, 0.2) is 35.1 Å². The average molecular weight is 314 g/mol. The van der Waals surface area contributed by atoms with Crippen molar-refractivity contribution < 1.29 is 9.50 Å². The van der Waals surface area contributed by atoms with Crippen LogP contribution in [0, 0.1) is 0 Å². The molecule has 0 spiro atoms. The Kier molecular flexibility index (Phi) is 3.49. The molecule has 0 saturated heterocycles. The summed E-state index contributed by atoms with van der Waals surface area (Å²) >= 11 is 3.29. The van der Waals surface area contributed by atoms with Gasteiger partial charge in [-0.1, -0.05) is 28.1 Å². The highest BCUT2D eigenvalue weighted by atomic mass is 79.9. The van der Waals surface area contributed by atoms with Crippen molar-refractivity contribution in [2.45, 2.75) is 18.7 Å². The number of aryl methyl sites for hydroxylation is 1. The van der Waals surface area contributed by atoms with Gasteiger partial charge in [0, 0.05) is 11.5 Å². The Hall–Kier alpha value is -1.27. The fourth-order valence-electron chi connectivity index (χ4n) is 1.73. The van der Waals surface area contributed by atoms with Crippen LogP contribution in [0.25, 0.3) is 0 Å². The van der Waals surface area contributed by atoms with Crippen molar-refractivity contribution in [2.75, 3.05) is 0 Å². The Balaban J connectivity index is 2.39. The summed E-state index contributed by atoms with van der Waals surface area (Å²) in [5, 5.41) is 17.5. The van der Waals surface area contributed by atoms with Gasteiger partial charge in [-0.05, 0) is 24.6 Å². The Morgan fingerprint density at radius 1 is 1.50 bits per heavy atom. The van der Waals surface area contributed by atoms with E-state index >= 15 is 0 Å². The predicted octanol–water partition coefficient (Wildman–Crippen LogP) is 2.50. The van der Waals surface area contributed by atoms with Crippen LogP contribution in [-0.2, 0) is 12.7 Å². The second-order valence-electron chi connectivity index (χ2n) is 4.29. The normalized spacial score (nSPS) is 16.3. The first kappa shape index (κ1) is 13.2. The van der Waals surface area contributed by atoms with E-state index in [1.54, 1.807) is 31.3 Å². The third-order valence-electron chi connectivity index (χ3n) is 2.89. The van der Waals surface area contributed by atoms with E-state index in [1.165, 1.54) is 17.8 Å². The van der Waals surface area contributed by atoms with E-state index in [0.29, 0.717) is 5.56 Å². The van der Waals surface area contributed by atoms with Crippen LogP contribution in [0.5, 0.6) is 0 Å². The molecule has 0 fully saturated rings. The number of hydrogen-bond acceptors (Lipinski definition) is 3. The largest absolute Gasteiger partial charge is 0.381 e. The first-order valence-electron chi connectivity index (χ1n) is 5.40. The van der Waals surface area contributed by atoms with Crippen molar-refractivity contribution >= 4 is 15.9 Å². The second kappa shape index (κ2) is 4.78. The number of benzene rings is 1. The number of alkyl halides is 1. The molecule has 4 nitrogen and oxygen atoms in total. The zero-order valence-corrected chi connectivity index (χ0v) is 11.6. The zero-order valence-electron chi connectivity index (χ0n) is 10.0. The number of halogens is 2. The number of aliphatic hydroxyl groups is 1. The van der Waals surface area contributed by atoms with E-state index in [4.69, 9.17) is 0 Å². The van der Waals surface area contributed by atoms with Gasteiger partial charge in [0.05, 0.1) is 0 Å². The van der Waals surface area contributed by atoms with Crippen molar-refractivity contribution in [1.82, 2.24) is 14.8 Å². The van der Waals surface area contributed by atoms with Gasteiger partial charge in [-0.3, -0.25) is 0 Å². The van der Waals surface area contributed by atoms with Crippen LogP contribution in [0.1, 0.15) is 24.4 Å². The van der Waals surface area contributed by atoms with Crippen LogP contribution in [0.3, 0.4) is 0 Å². The molecule has 2 atom stereocenters. The molecule has 1 unspecified atom stereocenters. The maximum absolute atomic E-state index is 14.8. The van der Waals surface area contributed by atoms with Crippen LogP contribution < -0.4 is 0 Å². The molecule has 0 saturated carbocycles. The zero-order chi connectivity index (χ0) is 13.3. The molecule has 2 rings (SSSR count).